The van der Waals surface area contributed by atoms with Crippen molar-refractivity contribution in [1.82, 2.24) is 4.98 Å². The summed E-state index contributed by atoms with van der Waals surface area (Å²) in [5, 5.41) is 0. The first-order chi connectivity index (χ1) is 11.6. The minimum atomic E-state index is -1.67. The Labute approximate surface area is 199 Å². The third kappa shape index (κ3) is 4.80. The molecule has 1 aromatic rings. The van der Waals surface area contributed by atoms with Gasteiger partial charge in [0, 0.05) is 11.1 Å². The summed E-state index contributed by atoms with van der Waals surface area (Å²) >= 11 is 0. The quantitative estimate of drug-likeness (QED) is 0.675. The van der Waals surface area contributed by atoms with Crippen LogP contribution in [-0.4, -0.2) is 51.5 Å². The Kier molecular flexibility index (Phi) is 7.64. The molecule has 0 spiro atoms. The topological polar surface area (TPSA) is 12.0 Å². The summed E-state index contributed by atoms with van der Waals surface area (Å²) in [6.45, 7) is 24.0. The van der Waals surface area contributed by atoms with Gasteiger partial charge in [-0.15, -0.1) is 0 Å². The Morgan fingerprint density at radius 3 is 1.86 bits per heavy atom. The molecule has 0 saturated carbocycles. The number of nitrogens with one attached hydrogen (secondary N) is 1. The fraction of sp³-hybridized carbons (Fsp3) is 0.667. The van der Waals surface area contributed by atoms with Crippen molar-refractivity contribution < 1.29 is 0 Å². The Bertz CT molecular complexity index is 770. The van der Waals surface area contributed by atoms with E-state index in [2.05, 4.69) is 91.7 Å². The van der Waals surface area contributed by atoms with Crippen molar-refractivity contribution in [2.75, 3.05) is 0 Å². The van der Waals surface area contributed by atoms with Crippen LogP contribution in [0.15, 0.2) is 17.7 Å². The van der Waals surface area contributed by atoms with Gasteiger partial charge in [0.05, 0.1) is 0 Å². The van der Waals surface area contributed by atoms with E-state index < -0.39 is 8.24 Å². The van der Waals surface area contributed by atoms with E-state index in [9.17, 15) is 0 Å². The van der Waals surface area contributed by atoms with Gasteiger partial charge >= 0.3 is 37.7 Å². The summed E-state index contributed by atoms with van der Waals surface area (Å²) < 4.78 is 0. The molecule has 0 heterocycles. The average molecular weight is 386 g/mol. The van der Waals surface area contributed by atoms with E-state index in [0.29, 0.717) is 5.54 Å². The molecule has 0 aromatic heterocycles. The minimum absolute atomic E-state index is 0. The Balaban J connectivity index is 0.00000196. The van der Waals surface area contributed by atoms with E-state index in [-0.39, 0.29) is 54.1 Å². The van der Waals surface area contributed by atoms with Crippen LogP contribution < -0.4 is 4.98 Å². The molecule has 3 rings (SSSR count). The van der Waals surface area contributed by atoms with Crippen LogP contribution in [0.5, 0.6) is 0 Å². The molecular weight excluding hydrogens is 344 g/mol. The molecule has 1 aromatic carbocycles. The van der Waals surface area contributed by atoms with Gasteiger partial charge in [0.25, 0.3) is 0 Å². The molecule has 0 aliphatic heterocycles. The Morgan fingerprint density at radius 1 is 0.929 bits per heavy atom. The fourth-order valence-corrected chi connectivity index (χ4v) is 9.92. The van der Waals surface area contributed by atoms with Gasteiger partial charge in [-0.3, -0.25) is 0 Å². The van der Waals surface area contributed by atoms with Gasteiger partial charge in [-0.05, 0) is 73.6 Å². The molecule has 0 radical (unpaired) electrons. The summed E-state index contributed by atoms with van der Waals surface area (Å²) in [5.74, 6) is 0. The van der Waals surface area contributed by atoms with Crippen LogP contribution in [0.25, 0.3) is 6.08 Å². The second kappa shape index (κ2) is 8.11. The Morgan fingerprint density at radius 2 is 1.39 bits per heavy atom. The molecule has 2 aliphatic rings. The number of fused-ring (bicyclic) bond motifs is 2. The molecule has 28 heavy (non-hydrogen) atoms. The van der Waals surface area contributed by atoms with Gasteiger partial charge in [-0.25, -0.2) is 0 Å². The van der Waals surface area contributed by atoms with Crippen molar-refractivity contribution in [3.63, 3.8) is 0 Å². The first-order valence-electron chi connectivity index (χ1n) is 10.3. The number of benzene rings is 1. The van der Waals surface area contributed by atoms with E-state index >= 15 is 0 Å². The predicted molar refractivity (Wildman–Crippen MR) is 133 cm³/mol. The van der Waals surface area contributed by atoms with Gasteiger partial charge in [-0.1, -0.05) is 64.6 Å². The Hall–Kier alpha value is 0.332. The number of allylic oxidation sites excluding steroid dienone is 1. The van der Waals surface area contributed by atoms with Gasteiger partial charge in [0.15, 0.2) is 0 Å². The second-order valence-electron chi connectivity index (χ2n) is 11.7. The van der Waals surface area contributed by atoms with E-state index in [1.807, 2.05) is 0 Å². The molecule has 0 amide bonds. The van der Waals surface area contributed by atoms with E-state index in [1.165, 1.54) is 18.4 Å². The van der Waals surface area contributed by atoms with Crippen LogP contribution in [0.2, 0.25) is 13.1 Å². The summed E-state index contributed by atoms with van der Waals surface area (Å²) in [6, 6.07) is 5.14. The second-order valence-corrected chi connectivity index (χ2v) is 16.0. The van der Waals surface area contributed by atoms with Crippen molar-refractivity contribution in [1.29, 1.82) is 0 Å². The van der Waals surface area contributed by atoms with Crippen molar-refractivity contribution in [3.05, 3.63) is 40.0 Å². The first-order valence-corrected chi connectivity index (χ1v) is 13.4. The van der Waals surface area contributed by atoms with Crippen LogP contribution in [0.4, 0.5) is 0 Å². The van der Waals surface area contributed by atoms with Crippen LogP contribution in [-0.2, 0) is 10.8 Å². The molecule has 0 bridgehead atoms. The molecule has 1 nitrogen and oxygen atoms in total. The van der Waals surface area contributed by atoms with Crippen LogP contribution in [0.3, 0.4) is 0 Å². The number of hydrogen-bond acceptors (Lipinski definition) is 1. The molecular formula is C24H41Li2NSi. The molecule has 1 N–H and O–H groups in total. The summed E-state index contributed by atoms with van der Waals surface area (Å²) in [6.07, 6.45) is 5.03. The monoisotopic (exact) mass is 385 g/mol. The van der Waals surface area contributed by atoms with Crippen molar-refractivity contribution in [2.24, 2.45) is 0 Å². The van der Waals surface area contributed by atoms with Crippen molar-refractivity contribution >= 4 is 52.0 Å². The average Bonchev–Trinajstić information content (AvgIpc) is 2.76. The predicted octanol–water partition coefficient (Wildman–Crippen LogP) is 5.37. The van der Waals surface area contributed by atoms with Crippen LogP contribution >= 0.6 is 0 Å². The van der Waals surface area contributed by atoms with Crippen molar-refractivity contribution in [2.45, 2.75) is 103 Å². The van der Waals surface area contributed by atoms with Crippen LogP contribution in [0.1, 0.15) is 96.0 Å². The van der Waals surface area contributed by atoms with Crippen LogP contribution in [0, 0.1) is 0 Å². The molecule has 0 fully saturated rings. The molecule has 1 unspecified atom stereocenters. The van der Waals surface area contributed by atoms with Gasteiger partial charge in [0.2, 0.25) is 0 Å². The van der Waals surface area contributed by atoms with Crippen molar-refractivity contribution in [3.8, 4) is 0 Å². The summed E-state index contributed by atoms with van der Waals surface area (Å²) in [7, 11) is -1.67. The molecule has 1 atom stereocenters. The maximum atomic E-state index is 4.02. The zero-order valence-electron chi connectivity index (χ0n) is 18.7. The third-order valence-electron chi connectivity index (χ3n) is 6.62. The normalized spacial score (nSPS) is 22.4. The molecule has 148 valence electrons. The molecule has 0 saturated heterocycles. The number of hydrogen-bond donors (Lipinski definition) is 1. The van der Waals surface area contributed by atoms with E-state index in [1.54, 1.807) is 22.3 Å². The van der Waals surface area contributed by atoms with Gasteiger partial charge in [0.1, 0.15) is 8.24 Å². The zero-order chi connectivity index (χ0) is 19.7. The third-order valence-corrected chi connectivity index (χ3v) is 10.2. The molecule has 4 heteroatoms. The SMILES string of the molecule is CC1=Cc2cc3c(cc2C1[Si](C)(C)NC(C)(C)C)C(C)(C)CCC3(C)C.[LiH].[LiH]. The van der Waals surface area contributed by atoms with Gasteiger partial charge < -0.3 is 4.98 Å². The summed E-state index contributed by atoms with van der Waals surface area (Å²) in [4.78, 5) is 4.02. The summed E-state index contributed by atoms with van der Waals surface area (Å²) in [5.41, 5.74) is 9.10. The van der Waals surface area contributed by atoms with E-state index in [4.69, 9.17) is 0 Å². The first kappa shape index (κ1) is 26.4. The van der Waals surface area contributed by atoms with Gasteiger partial charge in [-0.2, -0.15) is 0 Å². The standard InChI is InChI=1S/C24H39NSi.2Li.2H/c1-16-13-17-14-19-20(24(7,8)12-11-23(19,5)6)15-18(17)21(16)26(9,10)25-22(2,3)4;;;;/h13-15,21,25H,11-12H2,1-10H3;;;;. The molecule has 2 aliphatic carbocycles. The number of rotatable bonds is 2. The maximum absolute atomic E-state index is 4.02. The fourth-order valence-electron chi connectivity index (χ4n) is 5.59. The zero-order valence-corrected chi connectivity index (χ0v) is 19.7. The van der Waals surface area contributed by atoms with E-state index in [0.717, 1.165) is 0 Å².